The predicted octanol–water partition coefficient (Wildman–Crippen LogP) is 2.24. The normalized spacial score (nSPS) is 14.8. The van der Waals surface area contributed by atoms with E-state index in [0.29, 0.717) is 19.4 Å². The Morgan fingerprint density at radius 3 is 2.27 bits per heavy atom. The molecule has 0 spiro atoms. The maximum absolute atomic E-state index is 12.7. The second-order valence-electron chi connectivity index (χ2n) is 7.27. The molecule has 0 radical (unpaired) electrons. The highest BCUT2D eigenvalue weighted by Gasteiger charge is 2.56. The molecule has 0 aromatic heterocycles. The Kier molecular flexibility index (Phi) is 6.64. The van der Waals surface area contributed by atoms with Crippen LogP contribution in [-0.4, -0.2) is 57.0 Å². The number of likely N-dealkylation sites (N-methyl/N-ethyl adjacent to an activating group) is 1. The van der Waals surface area contributed by atoms with Gasteiger partial charge in [-0.2, -0.15) is 0 Å². The van der Waals surface area contributed by atoms with Crippen molar-refractivity contribution in [3.8, 4) is 0 Å². The molecule has 6 heteroatoms. The highest BCUT2D eigenvalue weighted by Crippen LogP contribution is 2.47. The van der Waals surface area contributed by atoms with E-state index in [1.165, 1.54) is 0 Å². The molecule has 2 N–H and O–H groups in total. The number of carbonyl (C=O) groups excluding carboxylic acids is 2. The minimum atomic E-state index is -0.893. The zero-order chi connectivity index (χ0) is 19.3. The van der Waals surface area contributed by atoms with Crippen molar-refractivity contribution >= 4 is 23.2 Å². The molecule has 0 heterocycles. The molecule has 1 aromatic carbocycles. The number of hydrogen-bond acceptors (Lipinski definition) is 4. The first-order chi connectivity index (χ1) is 12.3. The average Bonchev–Trinajstić information content (AvgIpc) is 3.40. The summed E-state index contributed by atoms with van der Waals surface area (Å²) < 4.78 is 0. The first-order valence-corrected chi connectivity index (χ1v) is 9.44. The Morgan fingerprint density at radius 1 is 1.12 bits per heavy atom. The van der Waals surface area contributed by atoms with Gasteiger partial charge in [0.05, 0.1) is 0 Å². The molecule has 1 saturated carbocycles. The van der Waals surface area contributed by atoms with Crippen molar-refractivity contribution in [2.24, 2.45) is 5.41 Å². The fraction of sp³-hybridized carbons (Fsp3) is 0.600. The van der Waals surface area contributed by atoms with E-state index in [9.17, 15) is 9.59 Å². The predicted molar refractivity (Wildman–Crippen MR) is 107 cm³/mol. The van der Waals surface area contributed by atoms with Crippen LogP contribution in [0.5, 0.6) is 0 Å². The lowest BCUT2D eigenvalue weighted by molar-refractivity contribution is -0.134. The third-order valence-corrected chi connectivity index (χ3v) is 5.05. The van der Waals surface area contributed by atoms with Gasteiger partial charge >= 0.3 is 0 Å². The van der Waals surface area contributed by atoms with Gasteiger partial charge in [0, 0.05) is 37.6 Å². The Balaban J connectivity index is 2.02. The largest absolute Gasteiger partial charge is 0.372 e. The van der Waals surface area contributed by atoms with Crippen LogP contribution in [0.3, 0.4) is 0 Å². The minimum Gasteiger partial charge on any atom is -0.372 e. The summed E-state index contributed by atoms with van der Waals surface area (Å²) in [6.07, 6.45) is 1.23. The van der Waals surface area contributed by atoms with Crippen LogP contribution in [0.4, 0.5) is 11.4 Å². The summed E-state index contributed by atoms with van der Waals surface area (Å²) in [6, 6.07) is 6.03. The molecule has 2 amide bonds. The van der Waals surface area contributed by atoms with E-state index in [0.717, 1.165) is 36.6 Å². The van der Waals surface area contributed by atoms with Gasteiger partial charge in [0.15, 0.2) is 0 Å². The SMILES string of the molecule is CCN(CC)c1ccc(NC(=O)C2(C(=O)NCCN(C)C)CC2)c(C)c1. The van der Waals surface area contributed by atoms with Gasteiger partial charge in [0.2, 0.25) is 11.8 Å². The maximum Gasteiger partial charge on any atom is 0.240 e. The van der Waals surface area contributed by atoms with Crippen LogP contribution in [-0.2, 0) is 9.59 Å². The highest BCUT2D eigenvalue weighted by molar-refractivity contribution is 6.13. The summed E-state index contributed by atoms with van der Waals surface area (Å²) in [6.45, 7) is 9.43. The number of anilines is 2. The van der Waals surface area contributed by atoms with Gasteiger partial charge in [-0.05, 0) is 71.5 Å². The molecule has 0 unspecified atom stereocenters. The summed E-state index contributed by atoms with van der Waals surface area (Å²) in [5.41, 5.74) is 2.04. The summed E-state index contributed by atoms with van der Waals surface area (Å²) in [7, 11) is 3.91. The van der Waals surface area contributed by atoms with Crippen molar-refractivity contribution in [2.45, 2.75) is 33.6 Å². The molecular formula is C20H32N4O2. The van der Waals surface area contributed by atoms with Crippen LogP contribution in [0.25, 0.3) is 0 Å². The van der Waals surface area contributed by atoms with E-state index in [4.69, 9.17) is 0 Å². The van der Waals surface area contributed by atoms with Gasteiger partial charge in [-0.15, -0.1) is 0 Å². The van der Waals surface area contributed by atoms with Gasteiger partial charge in [0.25, 0.3) is 0 Å². The number of amides is 2. The summed E-state index contributed by atoms with van der Waals surface area (Å²) >= 11 is 0. The van der Waals surface area contributed by atoms with Crippen LogP contribution in [0.1, 0.15) is 32.3 Å². The minimum absolute atomic E-state index is 0.158. The van der Waals surface area contributed by atoms with Gasteiger partial charge < -0.3 is 20.4 Å². The standard InChI is InChI=1S/C20H32N4O2/c1-6-24(7-2)16-8-9-17(15(3)14-16)22-19(26)20(10-11-20)18(25)21-12-13-23(4)5/h8-9,14H,6-7,10-13H2,1-5H3,(H,21,25)(H,22,26). The second kappa shape index (κ2) is 8.54. The van der Waals surface area contributed by atoms with Crippen molar-refractivity contribution in [1.82, 2.24) is 10.2 Å². The Bertz CT molecular complexity index is 649. The average molecular weight is 361 g/mol. The van der Waals surface area contributed by atoms with E-state index in [1.807, 2.05) is 38.1 Å². The number of rotatable bonds is 9. The summed E-state index contributed by atoms with van der Waals surface area (Å²) in [5, 5.41) is 5.86. The van der Waals surface area contributed by atoms with Crippen LogP contribution in [0, 0.1) is 12.3 Å². The molecule has 0 aliphatic heterocycles. The molecule has 0 bridgehead atoms. The van der Waals surface area contributed by atoms with E-state index in [2.05, 4.69) is 35.4 Å². The fourth-order valence-corrected chi connectivity index (χ4v) is 3.06. The lowest BCUT2D eigenvalue weighted by Gasteiger charge is -2.23. The molecule has 0 atom stereocenters. The molecule has 2 rings (SSSR count). The van der Waals surface area contributed by atoms with Crippen LogP contribution in [0.2, 0.25) is 0 Å². The molecule has 1 aromatic rings. The molecular weight excluding hydrogens is 328 g/mol. The Morgan fingerprint density at radius 2 is 1.77 bits per heavy atom. The molecule has 1 aliphatic rings. The summed E-state index contributed by atoms with van der Waals surface area (Å²) in [4.78, 5) is 29.4. The zero-order valence-corrected chi connectivity index (χ0v) is 16.7. The van der Waals surface area contributed by atoms with E-state index < -0.39 is 5.41 Å². The van der Waals surface area contributed by atoms with Gasteiger partial charge in [-0.1, -0.05) is 0 Å². The summed E-state index contributed by atoms with van der Waals surface area (Å²) in [5.74, 6) is -0.354. The van der Waals surface area contributed by atoms with E-state index in [1.54, 1.807) is 0 Å². The molecule has 26 heavy (non-hydrogen) atoms. The second-order valence-corrected chi connectivity index (χ2v) is 7.27. The Labute approximate surface area is 156 Å². The van der Waals surface area contributed by atoms with Crippen LogP contribution in [0.15, 0.2) is 18.2 Å². The maximum atomic E-state index is 12.7. The lowest BCUT2D eigenvalue weighted by atomic mass is 10.0. The molecule has 6 nitrogen and oxygen atoms in total. The van der Waals surface area contributed by atoms with Crippen molar-refractivity contribution in [3.05, 3.63) is 23.8 Å². The van der Waals surface area contributed by atoms with Crippen molar-refractivity contribution in [2.75, 3.05) is 50.5 Å². The smallest absolute Gasteiger partial charge is 0.240 e. The number of benzene rings is 1. The van der Waals surface area contributed by atoms with Crippen LogP contribution < -0.4 is 15.5 Å². The monoisotopic (exact) mass is 360 g/mol. The van der Waals surface area contributed by atoms with Crippen LogP contribution >= 0.6 is 0 Å². The number of hydrogen-bond donors (Lipinski definition) is 2. The highest BCUT2D eigenvalue weighted by atomic mass is 16.2. The third-order valence-electron chi connectivity index (χ3n) is 5.05. The number of carbonyl (C=O) groups is 2. The Hall–Kier alpha value is -2.08. The van der Waals surface area contributed by atoms with Gasteiger partial charge in [-0.3, -0.25) is 9.59 Å². The molecule has 0 saturated heterocycles. The van der Waals surface area contributed by atoms with E-state index >= 15 is 0 Å². The third kappa shape index (κ3) is 4.55. The van der Waals surface area contributed by atoms with Crippen molar-refractivity contribution in [1.29, 1.82) is 0 Å². The quantitative estimate of drug-likeness (QED) is 0.663. The number of nitrogens with zero attached hydrogens (tertiary/aromatic N) is 2. The first kappa shape index (κ1) is 20.2. The number of nitrogens with one attached hydrogen (secondary N) is 2. The molecule has 1 aliphatic carbocycles. The van der Waals surface area contributed by atoms with E-state index in [-0.39, 0.29) is 11.8 Å². The van der Waals surface area contributed by atoms with Crippen molar-refractivity contribution in [3.63, 3.8) is 0 Å². The molecule has 144 valence electrons. The topological polar surface area (TPSA) is 64.7 Å². The first-order valence-electron chi connectivity index (χ1n) is 9.44. The zero-order valence-electron chi connectivity index (χ0n) is 16.7. The lowest BCUT2D eigenvalue weighted by Crippen LogP contribution is -2.42. The molecule has 1 fully saturated rings. The van der Waals surface area contributed by atoms with Gasteiger partial charge in [-0.25, -0.2) is 0 Å². The van der Waals surface area contributed by atoms with Crippen molar-refractivity contribution < 1.29 is 9.59 Å². The fourth-order valence-electron chi connectivity index (χ4n) is 3.06. The number of aryl methyl sites for hydroxylation is 1. The van der Waals surface area contributed by atoms with Gasteiger partial charge in [0.1, 0.15) is 5.41 Å².